The van der Waals surface area contributed by atoms with Gasteiger partial charge in [0.15, 0.2) is 0 Å². The second kappa shape index (κ2) is 3.50. The average molecular weight is 254 g/mol. The molecular formula is C15H26O3. The molecule has 0 spiro atoms. The fourth-order valence-electron chi connectivity index (χ4n) is 5.96. The molecule has 0 aromatic heterocycles. The highest BCUT2D eigenvalue weighted by molar-refractivity contribution is 5.20. The molecule has 18 heavy (non-hydrogen) atoms. The van der Waals surface area contributed by atoms with Crippen LogP contribution in [0.2, 0.25) is 0 Å². The second-order valence-electron chi connectivity index (χ2n) is 7.90. The molecule has 0 unspecified atom stereocenters. The first-order valence-electron chi connectivity index (χ1n) is 7.25. The molecule has 4 saturated carbocycles. The molecule has 0 saturated heterocycles. The molecule has 8 atom stereocenters. The lowest BCUT2D eigenvalue weighted by molar-refractivity contribution is -0.257. The SMILES string of the molecule is C[C@@H]1C[C@@H](O)[C@@H]2[C@@H]3[C@H]1[C@@]2(C)C[C@H](O)[C@@H](O)C3(C)C. The second-order valence-corrected chi connectivity index (χ2v) is 7.90. The molecule has 4 aliphatic carbocycles. The Morgan fingerprint density at radius 3 is 2.06 bits per heavy atom. The van der Waals surface area contributed by atoms with Crippen LogP contribution in [-0.4, -0.2) is 33.6 Å². The monoisotopic (exact) mass is 254 g/mol. The summed E-state index contributed by atoms with van der Waals surface area (Å²) in [6.07, 6.45) is -0.0831. The maximum Gasteiger partial charge on any atom is 0.0852 e. The van der Waals surface area contributed by atoms with Gasteiger partial charge in [0.05, 0.1) is 18.3 Å². The summed E-state index contributed by atoms with van der Waals surface area (Å²) in [6.45, 7) is 8.53. The zero-order valence-electron chi connectivity index (χ0n) is 11.8. The zero-order chi connectivity index (χ0) is 13.5. The predicted octanol–water partition coefficient (Wildman–Crippen LogP) is 1.41. The Morgan fingerprint density at radius 2 is 1.50 bits per heavy atom. The van der Waals surface area contributed by atoms with Crippen LogP contribution in [0.15, 0.2) is 0 Å². The lowest BCUT2D eigenvalue weighted by Gasteiger charge is -2.70. The predicted molar refractivity (Wildman–Crippen MR) is 68.8 cm³/mol. The molecule has 4 rings (SSSR count). The Kier molecular flexibility index (Phi) is 2.51. The summed E-state index contributed by atoms with van der Waals surface area (Å²) in [5.41, 5.74) is -0.295. The fourth-order valence-corrected chi connectivity index (χ4v) is 5.96. The first-order chi connectivity index (χ1) is 8.21. The van der Waals surface area contributed by atoms with Crippen molar-refractivity contribution in [3.63, 3.8) is 0 Å². The van der Waals surface area contributed by atoms with E-state index in [1.165, 1.54) is 0 Å². The average Bonchev–Trinajstić information content (AvgIpc) is 2.31. The topological polar surface area (TPSA) is 60.7 Å². The molecule has 0 amide bonds. The highest BCUT2D eigenvalue weighted by Gasteiger charge is 2.72. The van der Waals surface area contributed by atoms with Gasteiger partial charge in [0, 0.05) is 0 Å². The summed E-state index contributed by atoms with van der Waals surface area (Å²) in [7, 11) is 0. The first kappa shape index (κ1) is 12.9. The molecule has 0 aromatic rings. The smallest absolute Gasteiger partial charge is 0.0852 e. The van der Waals surface area contributed by atoms with Crippen LogP contribution in [0.5, 0.6) is 0 Å². The molecule has 0 aliphatic heterocycles. The minimum absolute atomic E-state index is 0.00984. The third kappa shape index (κ3) is 1.26. The maximum absolute atomic E-state index is 10.4. The summed E-state index contributed by atoms with van der Waals surface area (Å²) < 4.78 is 0. The van der Waals surface area contributed by atoms with Crippen molar-refractivity contribution in [2.24, 2.45) is 34.5 Å². The normalized spacial score (nSPS) is 61.8. The molecule has 0 aromatic carbocycles. The molecule has 4 fully saturated rings. The number of fused-ring (bicyclic) bond motifs is 2. The fraction of sp³-hybridized carbons (Fsp3) is 1.00. The van der Waals surface area contributed by atoms with Gasteiger partial charge in [-0.25, -0.2) is 0 Å². The van der Waals surface area contributed by atoms with Gasteiger partial charge < -0.3 is 15.3 Å². The van der Waals surface area contributed by atoms with E-state index in [-0.39, 0.29) is 22.9 Å². The number of aliphatic hydroxyl groups is 3. The van der Waals surface area contributed by atoms with E-state index in [4.69, 9.17) is 0 Å². The molecule has 3 nitrogen and oxygen atoms in total. The Balaban J connectivity index is 2.08. The van der Waals surface area contributed by atoms with Crippen molar-refractivity contribution in [1.29, 1.82) is 0 Å². The maximum atomic E-state index is 10.4. The van der Waals surface area contributed by atoms with E-state index < -0.39 is 12.2 Å². The number of hydrogen-bond donors (Lipinski definition) is 3. The van der Waals surface area contributed by atoms with E-state index in [9.17, 15) is 15.3 Å². The Morgan fingerprint density at radius 1 is 0.889 bits per heavy atom. The largest absolute Gasteiger partial charge is 0.393 e. The minimum Gasteiger partial charge on any atom is -0.393 e. The van der Waals surface area contributed by atoms with Gasteiger partial charge in [-0.3, -0.25) is 0 Å². The highest BCUT2D eigenvalue weighted by atomic mass is 16.3. The van der Waals surface area contributed by atoms with Crippen LogP contribution in [0, 0.1) is 34.5 Å². The van der Waals surface area contributed by atoms with Gasteiger partial charge in [0.1, 0.15) is 0 Å². The van der Waals surface area contributed by atoms with Crippen molar-refractivity contribution in [1.82, 2.24) is 0 Å². The summed E-state index contributed by atoms with van der Waals surface area (Å²) in [6, 6.07) is 0. The molecule has 0 radical (unpaired) electrons. The van der Waals surface area contributed by atoms with Gasteiger partial charge in [-0.05, 0) is 47.3 Å². The van der Waals surface area contributed by atoms with Crippen LogP contribution < -0.4 is 0 Å². The summed E-state index contributed by atoms with van der Waals surface area (Å²) >= 11 is 0. The lowest BCUT2D eigenvalue weighted by atomic mass is 9.35. The Labute approximate surface area is 109 Å². The number of aliphatic hydroxyl groups excluding tert-OH is 3. The van der Waals surface area contributed by atoms with Crippen molar-refractivity contribution in [2.75, 3.05) is 0 Å². The quantitative estimate of drug-likeness (QED) is 0.612. The summed E-state index contributed by atoms with van der Waals surface area (Å²) in [5.74, 6) is 1.61. The molecule has 4 aliphatic rings. The van der Waals surface area contributed by atoms with Crippen LogP contribution in [-0.2, 0) is 0 Å². The molecule has 4 bridgehead atoms. The van der Waals surface area contributed by atoms with E-state index in [1.807, 2.05) is 0 Å². The minimum atomic E-state index is -0.672. The van der Waals surface area contributed by atoms with Gasteiger partial charge in [0.25, 0.3) is 0 Å². The van der Waals surface area contributed by atoms with Gasteiger partial charge >= 0.3 is 0 Å². The zero-order valence-corrected chi connectivity index (χ0v) is 11.8. The van der Waals surface area contributed by atoms with Gasteiger partial charge in [-0.1, -0.05) is 27.7 Å². The third-order valence-corrected chi connectivity index (χ3v) is 6.57. The summed E-state index contributed by atoms with van der Waals surface area (Å²) in [4.78, 5) is 0. The van der Waals surface area contributed by atoms with E-state index in [2.05, 4.69) is 27.7 Å². The van der Waals surface area contributed by atoms with E-state index in [0.717, 1.165) is 6.42 Å². The standard InChI is InChI=1S/C15H26O3/c1-7-5-8(16)11-12-10(7)15(11,4)6-9(17)13(18)14(12,2)3/h7-13,16-18H,5-6H2,1-4H3/t7-,8-,9+,10+,11-,12+,13-,15-/m1/s1. The van der Waals surface area contributed by atoms with Crippen LogP contribution >= 0.6 is 0 Å². The van der Waals surface area contributed by atoms with Crippen LogP contribution in [0.4, 0.5) is 0 Å². The van der Waals surface area contributed by atoms with Gasteiger partial charge in [-0.2, -0.15) is 0 Å². The Bertz CT molecular complexity index is 349. The van der Waals surface area contributed by atoms with Crippen molar-refractivity contribution < 1.29 is 15.3 Å². The molecular weight excluding hydrogens is 228 g/mol. The van der Waals surface area contributed by atoms with Crippen molar-refractivity contribution >= 4 is 0 Å². The highest BCUT2D eigenvalue weighted by Crippen LogP contribution is 2.73. The van der Waals surface area contributed by atoms with E-state index in [1.54, 1.807) is 0 Å². The number of hydrogen-bond acceptors (Lipinski definition) is 3. The number of rotatable bonds is 0. The van der Waals surface area contributed by atoms with Crippen molar-refractivity contribution in [3.8, 4) is 0 Å². The van der Waals surface area contributed by atoms with Crippen LogP contribution in [0.1, 0.15) is 40.5 Å². The van der Waals surface area contributed by atoms with Gasteiger partial charge in [-0.15, -0.1) is 0 Å². The summed E-state index contributed by atoms with van der Waals surface area (Å²) in [5, 5.41) is 31.1. The lowest BCUT2D eigenvalue weighted by Crippen LogP contribution is -2.68. The van der Waals surface area contributed by atoms with Crippen molar-refractivity contribution in [3.05, 3.63) is 0 Å². The molecule has 3 N–H and O–H groups in total. The molecule has 0 heterocycles. The molecule has 3 heteroatoms. The van der Waals surface area contributed by atoms with E-state index in [0.29, 0.717) is 24.2 Å². The first-order valence-corrected chi connectivity index (χ1v) is 7.25. The molecule has 104 valence electrons. The van der Waals surface area contributed by atoms with Crippen LogP contribution in [0.3, 0.4) is 0 Å². The van der Waals surface area contributed by atoms with Crippen LogP contribution in [0.25, 0.3) is 0 Å². The van der Waals surface area contributed by atoms with Gasteiger partial charge in [0.2, 0.25) is 0 Å². The third-order valence-electron chi connectivity index (χ3n) is 6.57. The Hall–Kier alpha value is -0.120. The van der Waals surface area contributed by atoms with Crippen molar-refractivity contribution in [2.45, 2.75) is 58.8 Å². The van der Waals surface area contributed by atoms with E-state index >= 15 is 0 Å².